The van der Waals surface area contributed by atoms with Gasteiger partial charge in [0.25, 0.3) is 5.91 Å². The van der Waals surface area contributed by atoms with Crippen LogP contribution in [0, 0.1) is 0 Å². The van der Waals surface area contributed by atoms with Crippen molar-refractivity contribution in [3.8, 4) is 0 Å². The van der Waals surface area contributed by atoms with Crippen LogP contribution < -0.4 is 0 Å². The van der Waals surface area contributed by atoms with E-state index in [1.54, 1.807) is 7.11 Å². The van der Waals surface area contributed by atoms with E-state index in [4.69, 9.17) is 9.47 Å². The van der Waals surface area contributed by atoms with Gasteiger partial charge < -0.3 is 28.9 Å². The van der Waals surface area contributed by atoms with E-state index in [0.29, 0.717) is 19.7 Å². The van der Waals surface area contributed by atoms with E-state index in [9.17, 15) is 14.7 Å². The average Bonchev–Trinajstić information content (AvgIpc) is 3.55. The molecule has 0 bridgehead atoms. The molecule has 31 heavy (non-hydrogen) atoms. The van der Waals surface area contributed by atoms with Gasteiger partial charge in [0.2, 0.25) is 0 Å². The highest BCUT2D eigenvalue weighted by atomic mass is 79.9. The number of rotatable bonds is 8. The first kappa shape index (κ1) is 22.1. The smallest absolute Gasteiger partial charge is 0.407 e. The quantitative estimate of drug-likeness (QED) is 0.570. The largest absolute Gasteiger partial charge is 0.465 e. The number of morpholine rings is 1. The van der Waals surface area contributed by atoms with Gasteiger partial charge in [-0.15, -0.1) is 0 Å². The lowest BCUT2D eigenvalue weighted by Crippen LogP contribution is -2.52. The molecule has 0 unspecified atom stereocenters. The lowest BCUT2D eigenvalue weighted by Gasteiger charge is -2.33. The molecule has 0 radical (unpaired) electrons. The summed E-state index contributed by atoms with van der Waals surface area (Å²) in [6, 6.07) is 6.40. The topological polar surface area (TPSA) is 84.2 Å². The first-order valence-corrected chi connectivity index (χ1v) is 11.4. The third-order valence-corrected chi connectivity index (χ3v) is 6.39. The lowest BCUT2D eigenvalue weighted by molar-refractivity contribution is -0.149. The molecule has 168 valence electrons. The molecule has 8 nitrogen and oxygen atoms in total. The van der Waals surface area contributed by atoms with Crippen molar-refractivity contribution in [3.05, 3.63) is 34.4 Å². The Bertz CT molecular complexity index is 958. The van der Waals surface area contributed by atoms with Crippen LogP contribution >= 0.6 is 15.9 Å². The second kappa shape index (κ2) is 9.58. The molecule has 1 atom stereocenters. The number of carbonyl (C=O) groups is 2. The first-order valence-electron chi connectivity index (χ1n) is 10.6. The van der Waals surface area contributed by atoms with Crippen molar-refractivity contribution in [3.63, 3.8) is 0 Å². The Hall–Kier alpha value is -2.10. The summed E-state index contributed by atoms with van der Waals surface area (Å²) in [6.45, 7) is 2.64. The Kier molecular flexibility index (Phi) is 6.83. The number of hydrogen-bond acceptors (Lipinski definition) is 4. The molecule has 1 aromatic heterocycles. The van der Waals surface area contributed by atoms with Crippen molar-refractivity contribution < 1.29 is 24.2 Å². The molecule has 1 saturated heterocycles. The van der Waals surface area contributed by atoms with Gasteiger partial charge in [-0.3, -0.25) is 4.79 Å². The molecule has 1 aliphatic carbocycles. The van der Waals surface area contributed by atoms with Crippen LogP contribution in [-0.4, -0.2) is 77.0 Å². The van der Waals surface area contributed by atoms with Crippen LogP contribution in [0.1, 0.15) is 24.8 Å². The van der Waals surface area contributed by atoms with Crippen LogP contribution in [-0.2, 0) is 27.4 Å². The highest BCUT2D eigenvalue weighted by molar-refractivity contribution is 9.10. The monoisotopic (exact) mass is 493 g/mol. The SMILES string of the molecule is COCCCn1cc(CN(C(=O)[C@H]2CN(C(=O)O)CCO2)C2CC2)c2cc(Br)ccc21. The fourth-order valence-corrected chi connectivity index (χ4v) is 4.51. The number of aryl methyl sites for hydroxylation is 1. The Morgan fingerprint density at radius 2 is 2.16 bits per heavy atom. The molecule has 2 heterocycles. The van der Waals surface area contributed by atoms with Crippen LogP contribution in [0.3, 0.4) is 0 Å². The summed E-state index contributed by atoms with van der Waals surface area (Å²) >= 11 is 3.57. The van der Waals surface area contributed by atoms with E-state index in [2.05, 4.69) is 38.8 Å². The maximum absolute atomic E-state index is 13.3. The number of amides is 2. The molecular weight excluding hydrogens is 466 g/mol. The van der Waals surface area contributed by atoms with E-state index in [1.807, 2.05) is 11.0 Å². The molecule has 1 saturated carbocycles. The van der Waals surface area contributed by atoms with Gasteiger partial charge in [-0.05, 0) is 43.0 Å². The van der Waals surface area contributed by atoms with Gasteiger partial charge in [-0.2, -0.15) is 0 Å². The van der Waals surface area contributed by atoms with Crippen molar-refractivity contribution in [1.82, 2.24) is 14.4 Å². The number of carbonyl (C=O) groups excluding carboxylic acids is 1. The summed E-state index contributed by atoms with van der Waals surface area (Å²) in [6.07, 6.45) is 3.22. The lowest BCUT2D eigenvalue weighted by atomic mass is 10.1. The summed E-state index contributed by atoms with van der Waals surface area (Å²) in [5, 5.41) is 10.4. The van der Waals surface area contributed by atoms with Gasteiger partial charge in [-0.1, -0.05) is 15.9 Å². The summed E-state index contributed by atoms with van der Waals surface area (Å²) in [5.74, 6) is -0.122. The molecular formula is C22H28BrN3O5. The minimum absolute atomic E-state index is 0.0850. The zero-order chi connectivity index (χ0) is 22.0. The molecule has 2 aromatic rings. The predicted octanol–water partition coefficient (Wildman–Crippen LogP) is 3.31. The second-order valence-electron chi connectivity index (χ2n) is 8.14. The molecule has 1 aromatic carbocycles. The number of halogens is 1. The van der Waals surface area contributed by atoms with E-state index >= 15 is 0 Å². The maximum atomic E-state index is 13.3. The number of aromatic nitrogens is 1. The highest BCUT2D eigenvalue weighted by Crippen LogP contribution is 2.33. The number of hydrogen-bond donors (Lipinski definition) is 1. The molecule has 1 aliphatic heterocycles. The molecule has 2 fully saturated rings. The van der Waals surface area contributed by atoms with E-state index in [1.165, 1.54) is 4.90 Å². The number of benzene rings is 1. The van der Waals surface area contributed by atoms with Gasteiger partial charge in [0.1, 0.15) is 0 Å². The zero-order valence-corrected chi connectivity index (χ0v) is 19.2. The minimum atomic E-state index is -1.01. The molecule has 9 heteroatoms. The standard InChI is InChI=1S/C22H28BrN3O5/c1-30-9-2-7-24-12-15(18-11-16(23)3-6-19(18)24)13-26(17-4-5-17)21(27)20-14-25(22(28)29)8-10-31-20/h3,6,11-12,17,20H,2,4-5,7-10,13-14H2,1H3,(H,28,29)/t20-/m1/s1. The van der Waals surface area contributed by atoms with Gasteiger partial charge in [0.05, 0.1) is 13.2 Å². The predicted molar refractivity (Wildman–Crippen MR) is 119 cm³/mol. The third kappa shape index (κ3) is 5.05. The average molecular weight is 494 g/mol. The molecule has 2 amide bonds. The Labute approximate surface area is 189 Å². The van der Waals surface area contributed by atoms with Gasteiger partial charge in [0.15, 0.2) is 6.10 Å². The number of methoxy groups -OCH3 is 1. The van der Waals surface area contributed by atoms with Gasteiger partial charge in [0, 0.05) is 61.0 Å². The summed E-state index contributed by atoms with van der Waals surface area (Å²) in [7, 11) is 1.70. The maximum Gasteiger partial charge on any atom is 0.407 e. The zero-order valence-electron chi connectivity index (χ0n) is 17.6. The molecule has 4 rings (SSSR count). The van der Waals surface area contributed by atoms with Crippen molar-refractivity contribution >= 4 is 38.8 Å². The van der Waals surface area contributed by atoms with Gasteiger partial charge in [-0.25, -0.2) is 4.79 Å². The summed E-state index contributed by atoms with van der Waals surface area (Å²) in [5.41, 5.74) is 2.21. The summed E-state index contributed by atoms with van der Waals surface area (Å²) in [4.78, 5) is 27.8. The Balaban J connectivity index is 1.57. The number of nitrogens with zero attached hydrogens (tertiary/aromatic N) is 3. The fourth-order valence-electron chi connectivity index (χ4n) is 4.15. The van der Waals surface area contributed by atoms with Crippen molar-refractivity contribution in [2.24, 2.45) is 0 Å². The van der Waals surface area contributed by atoms with Crippen molar-refractivity contribution in [2.75, 3.05) is 33.4 Å². The van der Waals surface area contributed by atoms with Crippen LogP contribution in [0.5, 0.6) is 0 Å². The Morgan fingerprint density at radius 3 is 2.87 bits per heavy atom. The van der Waals surface area contributed by atoms with E-state index in [0.717, 1.165) is 46.7 Å². The van der Waals surface area contributed by atoms with Crippen LogP contribution in [0.25, 0.3) is 10.9 Å². The number of ether oxygens (including phenoxy) is 2. The normalized spacial score (nSPS) is 19.0. The minimum Gasteiger partial charge on any atom is -0.465 e. The van der Waals surface area contributed by atoms with E-state index in [-0.39, 0.29) is 25.1 Å². The molecule has 0 spiro atoms. The second-order valence-corrected chi connectivity index (χ2v) is 9.06. The molecule has 1 N–H and O–H groups in total. The summed E-state index contributed by atoms with van der Waals surface area (Å²) < 4.78 is 14.1. The van der Waals surface area contributed by atoms with Crippen LogP contribution in [0.2, 0.25) is 0 Å². The van der Waals surface area contributed by atoms with Crippen LogP contribution in [0.15, 0.2) is 28.9 Å². The first-order chi connectivity index (χ1) is 15.0. The third-order valence-electron chi connectivity index (χ3n) is 5.90. The van der Waals surface area contributed by atoms with Crippen molar-refractivity contribution in [1.29, 1.82) is 0 Å². The highest BCUT2D eigenvalue weighted by Gasteiger charge is 2.39. The van der Waals surface area contributed by atoms with E-state index < -0.39 is 12.2 Å². The van der Waals surface area contributed by atoms with Crippen molar-refractivity contribution in [2.45, 2.75) is 44.5 Å². The Morgan fingerprint density at radius 1 is 1.35 bits per heavy atom. The van der Waals surface area contributed by atoms with Crippen LogP contribution in [0.4, 0.5) is 4.79 Å². The number of carboxylic acid groups (broad SMARTS) is 1. The molecule has 2 aliphatic rings. The van der Waals surface area contributed by atoms with Gasteiger partial charge >= 0.3 is 6.09 Å². The fraction of sp³-hybridized carbons (Fsp3) is 0.545. The number of fused-ring (bicyclic) bond motifs is 1.